The number of aryl methyl sites for hydroxylation is 2. The van der Waals surface area contributed by atoms with Crippen LogP contribution in [0.25, 0.3) is 0 Å². The lowest BCUT2D eigenvalue weighted by molar-refractivity contribution is 0.0173. The zero-order chi connectivity index (χ0) is 16.8. The van der Waals surface area contributed by atoms with Gasteiger partial charge in [0.25, 0.3) is 0 Å². The van der Waals surface area contributed by atoms with Crippen molar-refractivity contribution in [2.24, 2.45) is 0 Å². The van der Waals surface area contributed by atoms with Crippen molar-refractivity contribution in [1.82, 2.24) is 19.7 Å². The summed E-state index contributed by atoms with van der Waals surface area (Å²) in [4.78, 5) is 7.14. The SMILES string of the molecule is COCc1nc([C@@H](C)N2CCOCC2)n(CCc2ccccc2)n1. The van der Waals surface area contributed by atoms with Crippen LogP contribution >= 0.6 is 0 Å². The van der Waals surface area contributed by atoms with E-state index in [0.717, 1.165) is 50.9 Å². The molecule has 0 spiro atoms. The lowest BCUT2D eigenvalue weighted by atomic mass is 10.1. The molecule has 24 heavy (non-hydrogen) atoms. The maximum atomic E-state index is 5.46. The summed E-state index contributed by atoms with van der Waals surface area (Å²) in [6, 6.07) is 10.7. The number of nitrogens with zero attached hydrogens (tertiary/aromatic N) is 4. The van der Waals surface area contributed by atoms with E-state index in [1.54, 1.807) is 7.11 Å². The second-order valence-corrected chi connectivity index (χ2v) is 6.10. The number of benzene rings is 1. The van der Waals surface area contributed by atoms with Crippen LogP contribution in [0.3, 0.4) is 0 Å². The molecule has 0 amide bonds. The van der Waals surface area contributed by atoms with Gasteiger partial charge >= 0.3 is 0 Å². The molecule has 1 aliphatic rings. The monoisotopic (exact) mass is 330 g/mol. The summed E-state index contributed by atoms with van der Waals surface area (Å²) >= 11 is 0. The second kappa shape index (κ2) is 8.37. The molecular weight excluding hydrogens is 304 g/mol. The van der Waals surface area contributed by atoms with Crippen LogP contribution in [-0.2, 0) is 29.0 Å². The van der Waals surface area contributed by atoms with Gasteiger partial charge in [0.1, 0.15) is 12.4 Å². The first-order valence-corrected chi connectivity index (χ1v) is 8.56. The van der Waals surface area contributed by atoms with Crippen LogP contribution in [0.15, 0.2) is 30.3 Å². The Morgan fingerprint density at radius 2 is 1.96 bits per heavy atom. The maximum absolute atomic E-state index is 5.46. The van der Waals surface area contributed by atoms with Gasteiger partial charge in [-0.15, -0.1) is 0 Å². The molecule has 1 fully saturated rings. The third-order valence-corrected chi connectivity index (χ3v) is 4.44. The highest BCUT2D eigenvalue weighted by Crippen LogP contribution is 2.20. The van der Waals surface area contributed by atoms with Gasteiger partial charge in [0.15, 0.2) is 5.82 Å². The van der Waals surface area contributed by atoms with E-state index < -0.39 is 0 Å². The molecule has 2 aromatic rings. The van der Waals surface area contributed by atoms with Crippen molar-refractivity contribution in [3.8, 4) is 0 Å². The zero-order valence-electron chi connectivity index (χ0n) is 14.5. The number of hydrogen-bond donors (Lipinski definition) is 0. The predicted octanol–water partition coefficient (Wildman–Crippen LogP) is 2.06. The third kappa shape index (κ3) is 4.20. The summed E-state index contributed by atoms with van der Waals surface area (Å²) in [7, 11) is 1.68. The summed E-state index contributed by atoms with van der Waals surface area (Å²) in [5.74, 6) is 1.76. The number of morpholine rings is 1. The Kier molecular flexibility index (Phi) is 5.96. The first kappa shape index (κ1) is 17.1. The largest absolute Gasteiger partial charge is 0.379 e. The van der Waals surface area contributed by atoms with E-state index in [2.05, 4.69) is 41.2 Å². The first-order chi connectivity index (χ1) is 11.8. The molecular formula is C18H26N4O2. The van der Waals surface area contributed by atoms with Gasteiger partial charge in [0.05, 0.1) is 19.3 Å². The molecule has 1 aromatic heterocycles. The fourth-order valence-electron chi connectivity index (χ4n) is 3.07. The molecule has 0 radical (unpaired) electrons. The van der Waals surface area contributed by atoms with E-state index in [9.17, 15) is 0 Å². The number of ether oxygens (including phenoxy) is 2. The van der Waals surface area contributed by atoms with E-state index >= 15 is 0 Å². The minimum atomic E-state index is 0.225. The predicted molar refractivity (Wildman–Crippen MR) is 91.7 cm³/mol. The Hall–Kier alpha value is -1.76. The average molecular weight is 330 g/mol. The molecule has 0 N–H and O–H groups in total. The van der Waals surface area contributed by atoms with Gasteiger partial charge in [-0.25, -0.2) is 9.67 Å². The van der Waals surface area contributed by atoms with Gasteiger partial charge in [-0.05, 0) is 18.9 Å². The molecule has 3 rings (SSSR count). The van der Waals surface area contributed by atoms with E-state index in [1.807, 2.05) is 10.7 Å². The van der Waals surface area contributed by atoms with Gasteiger partial charge < -0.3 is 9.47 Å². The lowest BCUT2D eigenvalue weighted by Gasteiger charge is -2.31. The molecule has 1 aromatic carbocycles. The Balaban J connectivity index is 1.75. The smallest absolute Gasteiger partial charge is 0.176 e. The summed E-state index contributed by atoms with van der Waals surface area (Å²) in [5.41, 5.74) is 1.31. The Labute approximate surface area is 143 Å². The van der Waals surface area contributed by atoms with Crippen molar-refractivity contribution in [2.75, 3.05) is 33.4 Å². The fourth-order valence-corrected chi connectivity index (χ4v) is 3.07. The van der Waals surface area contributed by atoms with Crippen LogP contribution in [0, 0.1) is 0 Å². The van der Waals surface area contributed by atoms with Crippen LogP contribution < -0.4 is 0 Å². The highest BCUT2D eigenvalue weighted by molar-refractivity contribution is 5.14. The number of hydrogen-bond acceptors (Lipinski definition) is 5. The summed E-state index contributed by atoms with van der Waals surface area (Å²) < 4.78 is 12.7. The van der Waals surface area contributed by atoms with Crippen LogP contribution in [0.1, 0.15) is 30.2 Å². The molecule has 1 atom stereocenters. The van der Waals surface area contributed by atoms with Crippen molar-refractivity contribution in [2.45, 2.75) is 32.5 Å². The molecule has 1 saturated heterocycles. The van der Waals surface area contributed by atoms with Gasteiger partial charge in [-0.2, -0.15) is 5.10 Å². The van der Waals surface area contributed by atoms with Crippen LogP contribution in [0.4, 0.5) is 0 Å². The molecule has 0 bridgehead atoms. The van der Waals surface area contributed by atoms with Gasteiger partial charge in [-0.3, -0.25) is 4.90 Å². The highest BCUT2D eigenvalue weighted by Gasteiger charge is 2.24. The van der Waals surface area contributed by atoms with Crippen LogP contribution in [0.2, 0.25) is 0 Å². The van der Waals surface area contributed by atoms with Crippen molar-refractivity contribution >= 4 is 0 Å². The molecule has 6 heteroatoms. The average Bonchev–Trinajstić information content (AvgIpc) is 3.04. The topological polar surface area (TPSA) is 52.4 Å². The third-order valence-electron chi connectivity index (χ3n) is 4.44. The fraction of sp³-hybridized carbons (Fsp3) is 0.556. The zero-order valence-corrected chi connectivity index (χ0v) is 14.5. The molecule has 0 saturated carbocycles. The molecule has 0 aliphatic carbocycles. The van der Waals surface area contributed by atoms with Gasteiger partial charge in [0, 0.05) is 26.7 Å². The molecule has 1 aliphatic heterocycles. The number of methoxy groups -OCH3 is 1. The lowest BCUT2D eigenvalue weighted by Crippen LogP contribution is -2.39. The molecule has 0 unspecified atom stereocenters. The van der Waals surface area contributed by atoms with E-state index in [4.69, 9.17) is 14.5 Å². The van der Waals surface area contributed by atoms with E-state index in [1.165, 1.54) is 5.56 Å². The summed E-state index contributed by atoms with van der Waals surface area (Å²) in [6.45, 7) is 6.91. The van der Waals surface area contributed by atoms with E-state index in [0.29, 0.717) is 6.61 Å². The molecule has 2 heterocycles. The van der Waals surface area contributed by atoms with Crippen molar-refractivity contribution in [3.63, 3.8) is 0 Å². The van der Waals surface area contributed by atoms with Gasteiger partial charge in [0.2, 0.25) is 0 Å². The highest BCUT2D eigenvalue weighted by atomic mass is 16.5. The number of rotatable bonds is 7. The van der Waals surface area contributed by atoms with Crippen LogP contribution in [-0.4, -0.2) is 53.1 Å². The molecule has 6 nitrogen and oxygen atoms in total. The minimum Gasteiger partial charge on any atom is -0.379 e. The first-order valence-electron chi connectivity index (χ1n) is 8.56. The van der Waals surface area contributed by atoms with Crippen molar-refractivity contribution < 1.29 is 9.47 Å². The maximum Gasteiger partial charge on any atom is 0.176 e. The normalized spacial score (nSPS) is 17.1. The Morgan fingerprint density at radius 1 is 1.21 bits per heavy atom. The van der Waals surface area contributed by atoms with Crippen molar-refractivity contribution in [3.05, 3.63) is 47.5 Å². The van der Waals surface area contributed by atoms with Gasteiger partial charge in [-0.1, -0.05) is 30.3 Å². The van der Waals surface area contributed by atoms with Crippen molar-refractivity contribution in [1.29, 1.82) is 0 Å². The Morgan fingerprint density at radius 3 is 2.67 bits per heavy atom. The number of aromatic nitrogens is 3. The standard InChI is InChI=1S/C18H26N4O2/c1-15(21-10-12-24-13-11-21)18-19-17(14-23-2)20-22(18)9-8-16-6-4-3-5-7-16/h3-7,15H,8-14H2,1-2H3/t15-/m1/s1. The Bertz CT molecular complexity index is 623. The summed E-state index contributed by atoms with van der Waals surface area (Å²) in [6.07, 6.45) is 0.944. The summed E-state index contributed by atoms with van der Waals surface area (Å²) in [5, 5.41) is 4.65. The molecule has 130 valence electrons. The van der Waals surface area contributed by atoms with Crippen LogP contribution in [0.5, 0.6) is 0 Å². The quantitative estimate of drug-likeness (QED) is 0.778. The second-order valence-electron chi connectivity index (χ2n) is 6.10. The minimum absolute atomic E-state index is 0.225. The van der Waals surface area contributed by atoms with E-state index in [-0.39, 0.29) is 6.04 Å².